The van der Waals surface area contributed by atoms with Gasteiger partial charge in [-0.15, -0.1) is 0 Å². The molecule has 0 saturated heterocycles. The van der Waals surface area contributed by atoms with Gasteiger partial charge in [0.1, 0.15) is 5.60 Å². The molecule has 0 spiro atoms. The predicted molar refractivity (Wildman–Crippen MR) is 74.5 cm³/mol. The number of aromatic amines is 1. The van der Waals surface area contributed by atoms with E-state index >= 15 is 0 Å². The SMILES string of the molecule is CC(C)(Cc1cc(Br)cc2[nH]ccc12)OC(N)=O. The average molecular weight is 311 g/mol. The normalized spacial score (nSPS) is 11.7. The van der Waals surface area contributed by atoms with Crippen molar-refractivity contribution in [3.8, 4) is 0 Å². The number of carbonyl (C=O) groups is 1. The quantitative estimate of drug-likeness (QED) is 0.913. The van der Waals surface area contributed by atoms with E-state index < -0.39 is 11.7 Å². The molecule has 2 rings (SSSR count). The van der Waals surface area contributed by atoms with Crippen LogP contribution in [0.2, 0.25) is 0 Å². The molecule has 0 fully saturated rings. The van der Waals surface area contributed by atoms with Gasteiger partial charge in [0.2, 0.25) is 0 Å². The van der Waals surface area contributed by atoms with Gasteiger partial charge in [0.15, 0.2) is 0 Å². The first-order valence-corrected chi connectivity index (χ1v) is 6.41. The van der Waals surface area contributed by atoms with Crippen LogP contribution in [0.15, 0.2) is 28.9 Å². The maximum Gasteiger partial charge on any atom is 0.405 e. The molecule has 0 radical (unpaired) electrons. The number of aromatic nitrogens is 1. The lowest BCUT2D eigenvalue weighted by atomic mass is 9.96. The highest BCUT2D eigenvalue weighted by molar-refractivity contribution is 9.10. The highest BCUT2D eigenvalue weighted by atomic mass is 79.9. The smallest absolute Gasteiger partial charge is 0.405 e. The first-order chi connectivity index (χ1) is 8.37. The molecular formula is C13H15BrN2O2. The first-order valence-electron chi connectivity index (χ1n) is 5.61. The Labute approximate surface area is 114 Å². The fourth-order valence-corrected chi connectivity index (χ4v) is 2.62. The molecule has 0 unspecified atom stereocenters. The van der Waals surface area contributed by atoms with E-state index in [0.29, 0.717) is 6.42 Å². The summed E-state index contributed by atoms with van der Waals surface area (Å²) in [5, 5.41) is 1.12. The zero-order valence-corrected chi connectivity index (χ0v) is 11.9. The Morgan fingerprint density at radius 1 is 1.50 bits per heavy atom. The standard InChI is InChI=1S/C13H15BrN2O2/c1-13(2,18-12(15)17)7-8-5-9(14)6-11-10(8)3-4-16-11/h3-6,16H,7H2,1-2H3,(H2,15,17). The molecule has 0 saturated carbocycles. The topological polar surface area (TPSA) is 68.1 Å². The molecule has 1 heterocycles. The summed E-state index contributed by atoms with van der Waals surface area (Å²) in [5.41, 5.74) is 6.60. The molecule has 1 aromatic carbocycles. The highest BCUT2D eigenvalue weighted by Gasteiger charge is 2.23. The van der Waals surface area contributed by atoms with E-state index in [0.717, 1.165) is 20.9 Å². The molecule has 18 heavy (non-hydrogen) atoms. The largest absolute Gasteiger partial charge is 0.443 e. The highest BCUT2D eigenvalue weighted by Crippen LogP contribution is 2.27. The summed E-state index contributed by atoms with van der Waals surface area (Å²) in [5.74, 6) is 0. The number of nitrogens with two attached hydrogens (primary N) is 1. The molecule has 0 aliphatic rings. The summed E-state index contributed by atoms with van der Waals surface area (Å²) >= 11 is 3.47. The minimum atomic E-state index is -0.750. The van der Waals surface area contributed by atoms with Gasteiger partial charge in [0, 0.05) is 28.0 Å². The van der Waals surface area contributed by atoms with Crippen LogP contribution in [-0.2, 0) is 11.2 Å². The van der Waals surface area contributed by atoms with Gasteiger partial charge in [0.05, 0.1) is 0 Å². The number of rotatable bonds is 3. The average Bonchev–Trinajstić information content (AvgIpc) is 2.61. The van der Waals surface area contributed by atoms with Gasteiger partial charge in [-0.25, -0.2) is 4.79 Å². The third-order valence-electron chi connectivity index (χ3n) is 2.71. The molecule has 0 aliphatic heterocycles. The summed E-state index contributed by atoms with van der Waals surface area (Å²) in [6.45, 7) is 3.69. The van der Waals surface area contributed by atoms with E-state index in [-0.39, 0.29) is 0 Å². The molecule has 3 N–H and O–H groups in total. The van der Waals surface area contributed by atoms with Crippen molar-refractivity contribution in [1.29, 1.82) is 0 Å². The fraction of sp³-hybridized carbons (Fsp3) is 0.308. The Morgan fingerprint density at radius 2 is 2.22 bits per heavy atom. The third-order valence-corrected chi connectivity index (χ3v) is 3.17. The second-order valence-electron chi connectivity index (χ2n) is 4.86. The van der Waals surface area contributed by atoms with Crippen LogP contribution in [0, 0.1) is 0 Å². The van der Waals surface area contributed by atoms with Crippen molar-refractivity contribution >= 4 is 32.9 Å². The number of benzene rings is 1. The van der Waals surface area contributed by atoms with Crippen molar-refractivity contribution in [3.05, 3.63) is 34.4 Å². The van der Waals surface area contributed by atoms with Gasteiger partial charge >= 0.3 is 6.09 Å². The van der Waals surface area contributed by atoms with Crippen molar-refractivity contribution in [2.75, 3.05) is 0 Å². The minimum Gasteiger partial charge on any atom is -0.443 e. The molecular weight excluding hydrogens is 296 g/mol. The van der Waals surface area contributed by atoms with Crippen LogP contribution in [0.4, 0.5) is 4.79 Å². The van der Waals surface area contributed by atoms with Crippen molar-refractivity contribution in [1.82, 2.24) is 4.98 Å². The Bertz CT molecular complexity index is 590. The minimum absolute atomic E-state index is 0.601. The molecule has 2 aromatic rings. The van der Waals surface area contributed by atoms with Gasteiger partial charge in [-0.2, -0.15) is 0 Å². The number of halogens is 1. The number of primary amides is 1. The number of H-pyrrole nitrogens is 1. The monoisotopic (exact) mass is 310 g/mol. The Kier molecular flexibility index (Phi) is 3.34. The lowest BCUT2D eigenvalue weighted by Crippen LogP contribution is -2.33. The van der Waals surface area contributed by atoms with Crippen molar-refractivity contribution < 1.29 is 9.53 Å². The lowest BCUT2D eigenvalue weighted by molar-refractivity contribution is 0.0462. The number of hydrogen-bond acceptors (Lipinski definition) is 2. The van der Waals surface area contributed by atoms with Crippen LogP contribution in [0.1, 0.15) is 19.4 Å². The molecule has 1 aromatic heterocycles. The van der Waals surface area contributed by atoms with Crippen LogP contribution in [-0.4, -0.2) is 16.7 Å². The summed E-state index contributed by atoms with van der Waals surface area (Å²) in [6, 6.07) is 6.06. The van der Waals surface area contributed by atoms with Crippen LogP contribution < -0.4 is 5.73 Å². The van der Waals surface area contributed by atoms with Crippen LogP contribution in [0.3, 0.4) is 0 Å². The number of hydrogen-bond donors (Lipinski definition) is 2. The van der Waals surface area contributed by atoms with Crippen LogP contribution in [0.25, 0.3) is 10.9 Å². The maximum absolute atomic E-state index is 10.9. The number of amides is 1. The molecule has 0 atom stereocenters. The number of nitrogens with one attached hydrogen (secondary N) is 1. The predicted octanol–water partition coefficient (Wildman–Crippen LogP) is 3.35. The van der Waals surface area contributed by atoms with E-state index in [4.69, 9.17) is 10.5 Å². The molecule has 0 bridgehead atoms. The van der Waals surface area contributed by atoms with Crippen molar-refractivity contribution in [2.24, 2.45) is 5.73 Å². The van der Waals surface area contributed by atoms with Gasteiger partial charge < -0.3 is 15.5 Å². The number of fused-ring (bicyclic) bond motifs is 1. The third kappa shape index (κ3) is 2.85. The first kappa shape index (κ1) is 13.0. The lowest BCUT2D eigenvalue weighted by Gasteiger charge is -2.24. The Hall–Kier alpha value is -1.49. The van der Waals surface area contributed by atoms with Gasteiger partial charge in [0.25, 0.3) is 0 Å². The summed E-state index contributed by atoms with van der Waals surface area (Å²) in [6.07, 6.45) is 1.74. The van der Waals surface area contributed by atoms with E-state index in [1.807, 2.05) is 38.2 Å². The summed E-state index contributed by atoms with van der Waals surface area (Å²) in [4.78, 5) is 14.0. The van der Waals surface area contributed by atoms with Gasteiger partial charge in [-0.05, 0) is 37.6 Å². The molecule has 96 valence electrons. The Morgan fingerprint density at radius 3 is 2.89 bits per heavy atom. The molecule has 0 aliphatic carbocycles. The second-order valence-corrected chi connectivity index (χ2v) is 5.78. The second kappa shape index (κ2) is 4.65. The van der Waals surface area contributed by atoms with E-state index in [1.165, 1.54) is 0 Å². The van der Waals surface area contributed by atoms with Crippen molar-refractivity contribution in [2.45, 2.75) is 25.9 Å². The fourth-order valence-electron chi connectivity index (χ4n) is 2.12. The summed E-state index contributed by atoms with van der Waals surface area (Å²) in [7, 11) is 0. The summed E-state index contributed by atoms with van der Waals surface area (Å²) < 4.78 is 6.11. The van der Waals surface area contributed by atoms with E-state index in [9.17, 15) is 4.79 Å². The van der Waals surface area contributed by atoms with E-state index in [2.05, 4.69) is 20.9 Å². The Balaban J connectivity index is 2.36. The number of ether oxygens (including phenoxy) is 1. The molecule has 5 heteroatoms. The molecule has 1 amide bonds. The van der Waals surface area contributed by atoms with Crippen LogP contribution in [0.5, 0.6) is 0 Å². The van der Waals surface area contributed by atoms with E-state index in [1.54, 1.807) is 0 Å². The van der Waals surface area contributed by atoms with Crippen molar-refractivity contribution in [3.63, 3.8) is 0 Å². The van der Waals surface area contributed by atoms with Gasteiger partial charge in [-0.1, -0.05) is 15.9 Å². The molecule has 4 nitrogen and oxygen atoms in total. The maximum atomic E-state index is 10.9. The zero-order chi connectivity index (χ0) is 13.3. The van der Waals surface area contributed by atoms with Crippen LogP contribution >= 0.6 is 15.9 Å². The zero-order valence-electron chi connectivity index (χ0n) is 10.3. The number of carbonyl (C=O) groups excluding carboxylic acids is 1. The van der Waals surface area contributed by atoms with Gasteiger partial charge in [-0.3, -0.25) is 0 Å².